The Balaban J connectivity index is 1.04. The highest BCUT2D eigenvalue weighted by atomic mass is 19.1. The van der Waals surface area contributed by atoms with Crippen LogP contribution in [0, 0.1) is 18.4 Å². The first-order chi connectivity index (χ1) is 17.4. The van der Waals surface area contributed by atoms with E-state index < -0.39 is 6.08 Å². The molecule has 1 saturated heterocycles. The van der Waals surface area contributed by atoms with Crippen molar-refractivity contribution in [1.29, 1.82) is 0 Å². The largest absolute Gasteiger partial charge is 0.490 e. The first-order valence-electron chi connectivity index (χ1n) is 11.9. The Bertz CT molecular complexity index is 1240. The van der Waals surface area contributed by atoms with Crippen molar-refractivity contribution in [2.45, 2.75) is 38.8 Å². The molecule has 1 aromatic carbocycles. The van der Waals surface area contributed by atoms with Crippen LogP contribution < -0.4 is 15.4 Å². The smallest absolute Gasteiger partial charge is 0.310 e. The number of hydrogen-bond donors (Lipinski definition) is 2. The molecule has 2 aliphatic rings. The number of hydrogen-bond acceptors (Lipinski definition) is 7. The number of likely N-dealkylation sites (tertiary alicyclic amines) is 1. The van der Waals surface area contributed by atoms with Crippen LogP contribution in [0.25, 0.3) is 0 Å². The average Bonchev–Trinajstić information content (AvgIpc) is 3.23. The summed E-state index contributed by atoms with van der Waals surface area (Å²) >= 11 is 0. The summed E-state index contributed by atoms with van der Waals surface area (Å²) in [6.07, 6.45) is 5.96. The minimum atomic E-state index is -0.831. The van der Waals surface area contributed by atoms with Gasteiger partial charge in [-0.2, -0.15) is 14.5 Å². The van der Waals surface area contributed by atoms with E-state index in [1.54, 1.807) is 6.20 Å². The Hall–Kier alpha value is -4.02. The highest BCUT2D eigenvalue weighted by molar-refractivity contribution is 5.90. The lowest BCUT2D eigenvalue weighted by Gasteiger charge is -2.59. The van der Waals surface area contributed by atoms with Gasteiger partial charge in [-0.25, -0.2) is 4.98 Å². The summed E-state index contributed by atoms with van der Waals surface area (Å²) in [5, 5.41) is 9.80. The van der Waals surface area contributed by atoms with Crippen molar-refractivity contribution in [2.24, 2.45) is 5.41 Å². The molecule has 0 radical (unpaired) electrons. The molecule has 2 N–H and O–H groups in total. The van der Waals surface area contributed by atoms with Crippen molar-refractivity contribution in [3.05, 3.63) is 60.6 Å². The van der Waals surface area contributed by atoms with Gasteiger partial charge < -0.3 is 20.3 Å². The van der Waals surface area contributed by atoms with Gasteiger partial charge in [0.25, 0.3) is 0 Å². The fourth-order valence-electron chi connectivity index (χ4n) is 4.60. The van der Waals surface area contributed by atoms with Gasteiger partial charge in [-0.3, -0.25) is 14.3 Å². The third-order valence-electron chi connectivity index (χ3n) is 6.75. The van der Waals surface area contributed by atoms with Crippen molar-refractivity contribution in [2.75, 3.05) is 30.3 Å². The Morgan fingerprint density at radius 1 is 1.22 bits per heavy atom. The minimum Gasteiger partial charge on any atom is -0.490 e. The molecular weight excluding hydrogens is 465 g/mol. The molecule has 1 saturated carbocycles. The van der Waals surface area contributed by atoms with Gasteiger partial charge in [0, 0.05) is 43.9 Å². The number of nitrogens with zero attached hydrogens (tertiary/aromatic N) is 5. The Kier molecular flexibility index (Phi) is 6.53. The third-order valence-corrected chi connectivity index (χ3v) is 6.75. The van der Waals surface area contributed by atoms with Crippen molar-refractivity contribution >= 4 is 23.3 Å². The van der Waals surface area contributed by atoms with E-state index in [0.29, 0.717) is 24.6 Å². The second kappa shape index (κ2) is 9.92. The number of aryl methyl sites for hydroxylation is 1. The summed E-state index contributed by atoms with van der Waals surface area (Å²) in [5.41, 5.74) is 1.75. The van der Waals surface area contributed by atoms with Crippen LogP contribution in [0.5, 0.6) is 5.75 Å². The van der Waals surface area contributed by atoms with E-state index in [2.05, 4.69) is 25.7 Å². The monoisotopic (exact) mass is 493 g/mol. The predicted octanol–water partition coefficient (Wildman–Crippen LogP) is 2.63. The van der Waals surface area contributed by atoms with Gasteiger partial charge in [0.2, 0.25) is 11.8 Å². The van der Waals surface area contributed by atoms with E-state index in [1.165, 1.54) is 28.7 Å². The Morgan fingerprint density at radius 3 is 2.75 bits per heavy atom. The second-order valence-corrected chi connectivity index (χ2v) is 9.43. The van der Waals surface area contributed by atoms with Crippen LogP contribution in [0.15, 0.2) is 48.9 Å². The van der Waals surface area contributed by atoms with Crippen molar-refractivity contribution in [1.82, 2.24) is 24.6 Å². The zero-order valence-corrected chi connectivity index (χ0v) is 20.0. The van der Waals surface area contributed by atoms with E-state index in [-0.39, 0.29) is 42.8 Å². The molecule has 1 aliphatic carbocycles. The van der Waals surface area contributed by atoms with Gasteiger partial charge in [-0.05, 0) is 38.0 Å². The van der Waals surface area contributed by atoms with Crippen molar-refractivity contribution in [3.63, 3.8) is 0 Å². The van der Waals surface area contributed by atoms with Gasteiger partial charge in [0.1, 0.15) is 24.2 Å². The average molecular weight is 494 g/mol. The molecule has 1 aliphatic heterocycles. The molecule has 1 unspecified atom stereocenters. The van der Waals surface area contributed by atoms with Crippen LogP contribution in [0.2, 0.25) is 0 Å². The molecule has 188 valence electrons. The topological polar surface area (TPSA) is 114 Å². The normalized spacial score (nSPS) is 17.7. The summed E-state index contributed by atoms with van der Waals surface area (Å²) in [6, 6.07) is 9.58. The predicted molar refractivity (Wildman–Crippen MR) is 130 cm³/mol. The molecule has 2 amide bonds. The number of amides is 2. The first-order valence-corrected chi connectivity index (χ1v) is 11.9. The van der Waals surface area contributed by atoms with Gasteiger partial charge in [-0.15, -0.1) is 0 Å². The van der Waals surface area contributed by atoms with Gasteiger partial charge in [0.05, 0.1) is 11.9 Å². The summed E-state index contributed by atoms with van der Waals surface area (Å²) < 4.78 is 20.7. The molecule has 11 heteroatoms. The number of anilines is 2. The van der Waals surface area contributed by atoms with Gasteiger partial charge >= 0.3 is 6.08 Å². The lowest BCUT2D eigenvalue weighted by atomic mass is 9.61. The number of carbonyl (C=O) groups excluding carboxylic acids is 2. The van der Waals surface area contributed by atoms with Crippen molar-refractivity contribution in [3.8, 4) is 5.75 Å². The van der Waals surface area contributed by atoms with Crippen molar-refractivity contribution < 1.29 is 18.7 Å². The second-order valence-electron chi connectivity index (χ2n) is 9.43. The fraction of sp³-hybridized carbons (Fsp3) is 0.400. The highest BCUT2D eigenvalue weighted by Crippen LogP contribution is 2.50. The number of carbonyl (C=O) groups is 2. The lowest BCUT2D eigenvalue weighted by Crippen LogP contribution is -2.69. The summed E-state index contributed by atoms with van der Waals surface area (Å²) in [7, 11) is 0. The first kappa shape index (κ1) is 23.7. The molecule has 2 aromatic heterocycles. The molecule has 3 aromatic rings. The van der Waals surface area contributed by atoms with E-state index >= 15 is 0 Å². The molecule has 1 spiro atoms. The molecular formula is C25H28FN7O3. The highest BCUT2D eigenvalue weighted by Gasteiger charge is 2.57. The summed E-state index contributed by atoms with van der Waals surface area (Å²) in [4.78, 5) is 33.7. The number of nitrogens with one attached hydrogen (secondary N) is 2. The zero-order valence-electron chi connectivity index (χ0n) is 20.0. The summed E-state index contributed by atoms with van der Waals surface area (Å²) in [6.45, 7) is 3.81. The zero-order chi connectivity index (χ0) is 25.1. The van der Waals surface area contributed by atoms with E-state index in [9.17, 15) is 14.0 Å². The maximum atomic E-state index is 13.0. The quantitative estimate of drug-likeness (QED) is 0.441. The SMILES string of the molecule is Cc1ccc(OC2CCC23CN(C(=O)Cn2cc(NC(=O)CCNc4ccnc(F)n4)cn2)C3)cc1. The van der Waals surface area contributed by atoms with Gasteiger partial charge in [0.15, 0.2) is 0 Å². The lowest BCUT2D eigenvalue weighted by molar-refractivity contribution is -0.171. The molecule has 3 heterocycles. The van der Waals surface area contributed by atoms with E-state index in [1.807, 2.05) is 36.1 Å². The fourth-order valence-corrected chi connectivity index (χ4v) is 4.60. The van der Waals surface area contributed by atoms with Crippen LogP contribution in [-0.4, -0.2) is 62.2 Å². The van der Waals surface area contributed by atoms with Gasteiger partial charge in [-0.1, -0.05) is 17.7 Å². The molecule has 10 nitrogen and oxygen atoms in total. The molecule has 5 rings (SSSR count). The Labute approximate surface area is 207 Å². The number of ether oxygens (including phenoxy) is 1. The Morgan fingerprint density at radius 2 is 2.03 bits per heavy atom. The number of rotatable bonds is 9. The number of halogens is 1. The van der Waals surface area contributed by atoms with Crippen LogP contribution in [0.1, 0.15) is 24.8 Å². The summed E-state index contributed by atoms with van der Waals surface area (Å²) in [5.74, 6) is 0.935. The van der Waals surface area contributed by atoms with Crippen LogP contribution in [-0.2, 0) is 16.1 Å². The van der Waals surface area contributed by atoms with E-state index in [4.69, 9.17) is 4.74 Å². The van der Waals surface area contributed by atoms with Crippen LogP contribution in [0.4, 0.5) is 15.9 Å². The van der Waals surface area contributed by atoms with E-state index in [0.717, 1.165) is 18.6 Å². The van der Waals surface area contributed by atoms with Crippen LogP contribution >= 0.6 is 0 Å². The third kappa shape index (κ3) is 5.29. The molecule has 36 heavy (non-hydrogen) atoms. The molecule has 2 fully saturated rings. The maximum absolute atomic E-state index is 13.0. The standard InChI is InChI=1S/C25H28FN7O3/c1-17-2-4-19(5-3-17)36-20-6-9-25(20)15-32(16-25)23(35)14-33-13-18(12-29-33)30-22(34)8-11-27-21-7-10-28-24(26)31-21/h2-5,7,10,12-13,20H,6,8-9,11,14-16H2,1H3,(H,30,34)(H,27,28,31). The number of benzene rings is 1. The minimum absolute atomic E-state index is 0.0103. The molecule has 1 atom stereocenters. The van der Waals surface area contributed by atoms with Crippen LogP contribution in [0.3, 0.4) is 0 Å². The molecule has 0 bridgehead atoms. The maximum Gasteiger partial charge on any atom is 0.310 e. The number of aromatic nitrogens is 4.